The molecule has 0 saturated heterocycles. The van der Waals surface area contributed by atoms with Crippen molar-refractivity contribution in [3.8, 4) is 0 Å². The zero-order valence-electron chi connectivity index (χ0n) is 8.04. The third kappa shape index (κ3) is 2.67. The molecule has 2 aromatic carbocycles. The summed E-state index contributed by atoms with van der Waals surface area (Å²) in [5, 5.41) is 0. The van der Waals surface area contributed by atoms with E-state index in [1.54, 1.807) is 0 Å². The fraction of sp³-hybridized carbons (Fsp3) is 0. The molecular formula is C12H10NOS-. The quantitative estimate of drug-likeness (QED) is 0.706. The molecule has 0 amide bonds. The highest BCUT2D eigenvalue weighted by Gasteiger charge is 1.82. The maximum atomic E-state index is 11.8. The molecule has 0 aliphatic carbocycles. The molecule has 2 aromatic rings. The average Bonchev–Trinajstić information content (AvgIpc) is 2.31. The maximum Gasteiger partial charge on any atom is 0.0368 e. The van der Waals surface area contributed by atoms with Crippen LogP contribution in [0.3, 0.4) is 0 Å². The van der Waals surface area contributed by atoms with Gasteiger partial charge in [0.25, 0.3) is 0 Å². The van der Waals surface area contributed by atoms with Gasteiger partial charge in [-0.15, -0.1) is 0 Å². The van der Waals surface area contributed by atoms with Gasteiger partial charge in [0.05, 0.1) is 0 Å². The van der Waals surface area contributed by atoms with Gasteiger partial charge >= 0.3 is 0 Å². The second kappa shape index (κ2) is 4.75. The summed E-state index contributed by atoms with van der Waals surface area (Å²) in [5.41, 5.74) is 0.736. The predicted octanol–water partition coefficient (Wildman–Crippen LogP) is 3.52. The first-order valence-corrected chi connectivity index (χ1v) is 5.71. The highest BCUT2D eigenvalue weighted by molar-refractivity contribution is 7.75. The number of rotatable bonds is 2. The van der Waals surface area contributed by atoms with Crippen LogP contribution < -0.4 is 0 Å². The van der Waals surface area contributed by atoms with Gasteiger partial charge < -0.3 is 8.57 Å². The molecule has 0 bridgehead atoms. The molecular weight excluding hydrogens is 206 g/mol. The van der Waals surface area contributed by atoms with Crippen molar-refractivity contribution in [1.82, 2.24) is 0 Å². The molecule has 3 heteroatoms. The van der Waals surface area contributed by atoms with Crippen LogP contribution in [-0.2, 0) is 14.8 Å². The van der Waals surface area contributed by atoms with E-state index in [1.165, 1.54) is 0 Å². The molecule has 0 heterocycles. The molecule has 15 heavy (non-hydrogen) atoms. The fourth-order valence-electron chi connectivity index (χ4n) is 1.17. The molecule has 0 radical (unpaired) electrons. The van der Waals surface area contributed by atoms with Crippen molar-refractivity contribution in [1.29, 1.82) is 0 Å². The van der Waals surface area contributed by atoms with Gasteiger partial charge in [0.2, 0.25) is 0 Å². The Morgan fingerprint density at radius 2 is 1.33 bits per heavy atom. The first-order valence-electron chi connectivity index (χ1n) is 4.60. The third-order valence-electron chi connectivity index (χ3n) is 1.89. The lowest BCUT2D eigenvalue weighted by molar-refractivity contribution is 0.600. The van der Waals surface area contributed by atoms with Gasteiger partial charge in [-0.3, -0.25) is 0 Å². The summed E-state index contributed by atoms with van der Waals surface area (Å²) in [6.07, 6.45) is 0. The van der Waals surface area contributed by atoms with Crippen LogP contribution in [0.2, 0.25) is 0 Å². The van der Waals surface area contributed by atoms with Crippen molar-refractivity contribution < 1.29 is 4.21 Å². The summed E-state index contributed by atoms with van der Waals surface area (Å²) < 4.78 is 15.9. The summed E-state index contributed by atoms with van der Waals surface area (Å²) in [6, 6.07) is 18.5. The van der Waals surface area contributed by atoms with Crippen LogP contribution in [0.25, 0.3) is 0 Å². The van der Waals surface area contributed by atoms with E-state index in [4.69, 9.17) is 0 Å². The van der Waals surface area contributed by atoms with E-state index in [1.807, 2.05) is 60.7 Å². The number of hydrogen-bond donors (Lipinski definition) is 0. The second-order valence-corrected chi connectivity index (χ2v) is 4.14. The summed E-state index contributed by atoms with van der Waals surface area (Å²) in [5.74, 6) is 0. The Labute approximate surface area is 90.8 Å². The topological polar surface area (TPSA) is 29.4 Å². The number of nitrogens with zero attached hydrogens (tertiary/aromatic N) is 1. The van der Waals surface area contributed by atoms with Gasteiger partial charge in [0.1, 0.15) is 0 Å². The molecule has 2 nitrogen and oxygen atoms in total. The van der Waals surface area contributed by atoms with E-state index in [2.05, 4.69) is 4.36 Å². The van der Waals surface area contributed by atoms with Crippen LogP contribution in [0.15, 0.2) is 69.9 Å². The van der Waals surface area contributed by atoms with Crippen LogP contribution in [0, 0.1) is 0 Å². The normalized spacial score (nSPS) is 12.5. The minimum Gasteiger partial charge on any atom is -0.440 e. The first kappa shape index (κ1) is 9.93. The Kier molecular flexibility index (Phi) is 3.15. The summed E-state index contributed by atoms with van der Waals surface area (Å²) >= 11 is 0. The van der Waals surface area contributed by atoms with E-state index in [0.717, 1.165) is 10.6 Å². The molecule has 76 valence electrons. The van der Waals surface area contributed by atoms with Gasteiger partial charge in [0, 0.05) is 5.69 Å². The molecule has 0 atom stereocenters. The van der Waals surface area contributed by atoms with Crippen LogP contribution in [0.5, 0.6) is 0 Å². The van der Waals surface area contributed by atoms with Crippen molar-refractivity contribution in [2.75, 3.05) is 0 Å². The van der Waals surface area contributed by atoms with Crippen molar-refractivity contribution in [3.05, 3.63) is 60.7 Å². The number of benzene rings is 2. The molecule has 0 N–H and O–H groups in total. The summed E-state index contributed by atoms with van der Waals surface area (Å²) in [4.78, 5) is 0.723. The average molecular weight is 216 g/mol. The van der Waals surface area contributed by atoms with E-state index >= 15 is 0 Å². The van der Waals surface area contributed by atoms with Gasteiger partial charge in [0.15, 0.2) is 0 Å². The highest BCUT2D eigenvalue weighted by atomic mass is 32.2. The van der Waals surface area contributed by atoms with E-state index in [9.17, 15) is 4.21 Å². The zero-order valence-corrected chi connectivity index (χ0v) is 8.85. The molecule has 0 saturated carbocycles. The third-order valence-corrected chi connectivity index (χ3v) is 2.94. The van der Waals surface area contributed by atoms with Gasteiger partial charge in [-0.05, 0) is 12.1 Å². The molecule has 2 rings (SSSR count). The van der Waals surface area contributed by atoms with Crippen LogP contribution in [0.1, 0.15) is 0 Å². The molecule has 0 aliphatic rings. The maximum absolute atomic E-state index is 11.8. The lowest BCUT2D eigenvalue weighted by Gasteiger charge is -2.04. The minimum atomic E-state index is -1.31. The van der Waals surface area contributed by atoms with Crippen molar-refractivity contribution in [2.45, 2.75) is 4.90 Å². The first-order chi connectivity index (χ1) is 7.36. The molecule has 0 aliphatic heterocycles. The molecule has 0 fully saturated rings. The Bertz CT molecular complexity index is 502. The predicted molar refractivity (Wildman–Crippen MR) is 61.3 cm³/mol. The fourth-order valence-corrected chi connectivity index (χ4v) is 1.98. The Morgan fingerprint density at radius 1 is 0.800 bits per heavy atom. The smallest absolute Gasteiger partial charge is 0.0368 e. The molecule has 0 unspecified atom stereocenters. The lowest BCUT2D eigenvalue weighted by atomic mass is 10.3. The number of hydrogen-bond acceptors (Lipinski definition) is 3. The highest BCUT2D eigenvalue weighted by Crippen LogP contribution is 2.13. The summed E-state index contributed by atoms with van der Waals surface area (Å²) in [6.45, 7) is 0. The zero-order chi connectivity index (χ0) is 10.5. The minimum absolute atomic E-state index is 0.723. The van der Waals surface area contributed by atoms with Gasteiger partial charge in [-0.25, -0.2) is 0 Å². The Balaban J connectivity index is 2.34. The molecule has 0 spiro atoms. The van der Waals surface area contributed by atoms with Crippen molar-refractivity contribution in [3.63, 3.8) is 0 Å². The monoisotopic (exact) mass is 216 g/mol. The summed E-state index contributed by atoms with van der Waals surface area (Å²) in [7, 11) is -1.31. The second-order valence-electron chi connectivity index (χ2n) is 2.99. The SMILES string of the molecule is O=[S-](=Nc1ccccc1)c1ccccc1. The lowest BCUT2D eigenvalue weighted by Crippen LogP contribution is -1.76. The van der Waals surface area contributed by atoms with Crippen LogP contribution >= 0.6 is 0 Å². The van der Waals surface area contributed by atoms with Crippen molar-refractivity contribution >= 4 is 16.3 Å². The Morgan fingerprint density at radius 3 is 1.93 bits per heavy atom. The van der Waals surface area contributed by atoms with Crippen LogP contribution in [0.4, 0.5) is 5.69 Å². The van der Waals surface area contributed by atoms with Gasteiger partial charge in [-0.1, -0.05) is 53.4 Å². The molecule has 0 aromatic heterocycles. The van der Waals surface area contributed by atoms with E-state index in [-0.39, 0.29) is 0 Å². The van der Waals surface area contributed by atoms with E-state index < -0.39 is 10.6 Å². The van der Waals surface area contributed by atoms with Crippen molar-refractivity contribution in [2.24, 2.45) is 4.36 Å². The van der Waals surface area contributed by atoms with Crippen LogP contribution in [-0.4, -0.2) is 0 Å². The van der Waals surface area contributed by atoms with Gasteiger partial charge in [-0.2, -0.15) is 10.6 Å². The Hall–Kier alpha value is -1.61. The largest absolute Gasteiger partial charge is 0.440 e. The standard InChI is InChI=1S/C12H10NOS/c14-15(12-9-5-2-6-10-12)13-11-7-3-1-4-8-11/h1-10H/q-1. The van der Waals surface area contributed by atoms with E-state index in [0.29, 0.717) is 0 Å².